The second kappa shape index (κ2) is 6.13. The first-order chi connectivity index (χ1) is 11.0. The van der Waals surface area contributed by atoms with Gasteiger partial charge in [-0.05, 0) is 25.6 Å². The fourth-order valence-electron chi connectivity index (χ4n) is 3.22. The first-order valence-corrected chi connectivity index (χ1v) is 7.56. The Morgan fingerprint density at radius 3 is 2.91 bits per heavy atom. The molecule has 1 aromatic carbocycles. The average Bonchev–Trinajstić information content (AvgIpc) is 2.54. The molecule has 1 N–H and O–H groups in total. The van der Waals surface area contributed by atoms with Crippen LogP contribution in [-0.4, -0.2) is 71.2 Å². The van der Waals surface area contributed by atoms with E-state index >= 15 is 0 Å². The van der Waals surface area contributed by atoms with Crippen molar-refractivity contribution < 1.29 is 19.6 Å². The number of ether oxygens (including phenoxy) is 1. The second-order valence-electron chi connectivity index (χ2n) is 5.96. The quantitative estimate of drug-likeness (QED) is 0.641. The summed E-state index contributed by atoms with van der Waals surface area (Å²) in [5, 5.41) is 20.4. The minimum Gasteiger partial charge on any atom is -0.502 e. The summed E-state index contributed by atoms with van der Waals surface area (Å²) in [4.78, 5) is 26.6. The minimum atomic E-state index is -0.677. The Labute approximate surface area is 133 Å². The fraction of sp³-hybridized carbons (Fsp3) is 0.533. The van der Waals surface area contributed by atoms with Gasteiger partial charge in [-0.3, -0.25) is 19.8 Å². The third-order valence-electron chi connectivity index (χ3n) is 4.57. The standard InChI is InChI=1S/C15H19N3O5/c1-16-6-7-23-14-4-5-17(9-12(14)16)15(20)10-2-3-11(18(21)22)13(19)8-10/h2-3,8,12,14,19H,4-7,9H2,1H3/t12-,14+/m0/s1. The topological polar surface area (TPSA) is 96.2 Å². The van der Waals surface area contributed by atoms with Gasteiger partial charge in [0.15, 0.2) is 5.75 Å². The van der Waals surface area contributed by atoms with Crippen LogP contribution in [0.1, 0.15) is 16.8 Å². The number of likely N-dealkylation sites (N-methyl/N-ethyl adjacent to an activating group) is 1. The van der Waals surface area contributed by atoms with Crippen molar-refractivity contribution in [3.8, 4) is 5.75 Å². The van der Waals surface area contributed by atoms with Crippen molar-refractivity contribution in [1.29, 1.82) is 0 Å². The highest BCUT2D eigenvalue weighted by Crippen LogP contribution is 2.28. The average molecular weight is 321 g/mol. The molecule has 0 unspecified atom stereocenters. The first kappa shape index (κ1) is 15.7. The number of likely N-dealkylation sites (tertiary alicyclic amines) is 1. The molecule has 1 amide bonds. The maximum absolute atomic E-state index is 12.6. The summed E-state index contributed by atoms with van der Waals surface area (Å²) in [5.41, 5.74) is -0.147. The van der Waals surface area contributed by atoms with Crippen LogP contribution in [0.2, 0.25) is 0 Å². The summed E-state index contributed by atoms with van der Waals surface area (Å²) >= 11 is 0. The van der Waals surface area contributed by atoms with Crippen molar-refractivity contribution in [3.05, 3.63) is 33.9 Å². The Bertz CT molecular complexity index is 636. The number of phenolic OH excluding ortho intramolecular Hbond substituents is 1. The van der Waals surface area contributed by atoms with Crippen molar-refractivity contribution in [1.82, 2.24) is 9.80 Å². The van der Waals surface area contributed by atoms with Crippen LogP contribution in [-0.2, 0) is 4.74 Å². The Hall–Kier alpha value is -2.19. The van der Waals surface area contributed by atoms with Gasteiger partial charge in [-0.1, -0.05) is 0 Å². The van der Waals surface area contributed by atoms with Crippen LogP contribution in [0.3, 0.4) is 0 Å². The van der Waals surface area contributed by atoms with Crippen molar-refractivity contribution >= 4 is 11.6 Å². The molecule has 8 heteroatoms. The largest absolute Gasteiger partial charge is 0.502 e. The zero-order valence-corrected chi connectivity index (χ0v) is 12.8. The van der Waals surface area contributed by atoms with E-state index in [9.17, 15) is 20.0 Å². The third kappa shape index (κ3) is 2.99. The highest BCUT2D eigenvalue weighted by Gasteiger charge is 2.37. The molecule has 23 heavy (non-hydrogen) atoms. The molecule has 2 saturated heterocycles. The Balaban J connectivity index is 1.75. The minimum absolute atomic E-state index is 0.142. The van der Waals surface area contributed by atoms with Gasteiger partial charge in [0.1, 0.15) is 0 Å². The number of hydrogen-bond donors (Lipinski definition) is 1. The number of phenols is 1. The number of piperidine rings is 1. The molecule has 0 spiro atoms. The predicted molar refractivity (Wildman–Crippen MR) is 81.4 cm³/mol. The SMILES string of the molecule is CN1CCO[C@@H]2CCN(C(=O)c3ccc([N+](=O)[O-])c(O)c3)C[C@@H]21. The molecule has 0 saturated carbocycles. The molecule has 2 heterocycles. The van der Waals surface area contributed by atoms with Crippen molar-refractivity contribution in [3.63, 3.8) is 0 Å². The van der Waals surface area contributed by atoms with Gasteiger partial charge in [-0.2, -0.15) is 0 Å². The van der Waals surface area contributed by atoms with Crippen LogP contribution in [0.5, 0.6) is 5.75 Å². The maximum Gasteiger partial charge on any atom is 0.310 e. The molecule has 124 valence electrons. The van der Waals surface area contributed by atoms with Crippen molar-refractivity contribution in [2.24, 2.45) is 0 Å². The lowest BCUT2D eigenvalue weighted by Crippen LogP contribution is -2.59. The van der Waals surface area contributed by atoms with E-state index in [1.807, 2.05) is 7.05 Å². The van der Waals surface area contributed by atoms with Crippen LogP contribution in [0, 0.1) is 10.1 Å². The third-order valence-corrected chi connectivity index (χ3v) is 4.57. The normalized spacial score (nSPS) is 25.0. The molecule has 2 aliphatic rings. The summed E-state index contributed by atoms with van der Waals surface area (Å²) in [7, 11) is 2.02. The van der Waals surface area contributed by atoms with Crippen LogP contribution in [0.15, 0.2) is 18.2 Å². The highest BCUT2D eigenvalue weighted by molar-refractivity contribution is 5.95. The second-order valence-corrected chi connectivity index (χ2v) is 5.96. The number of nitro groups is 1. The van der Waals surface area contributed by atoms with Gasteiger partial charge in [-0.15, -0.1) is 0 Å². The van der Waals surface area contributed by atoms with Gasteiger partial charge in [-0.25, -0.2) is 0 Å². The lowest BCUT2D eigenvalue weighted by molar-refractivity contribution is -0.385. The molecular weight excluding hydrogens is 302 g/mol. The number of carbonyl (C=O) groups is 1. The molecule has 0 bridgehead atoms. The maximum atomic E-state index is 12.6. The van der Waals surface area contributed by atoms with Crippen LogP contribution in [0.25, 0.3) is 0 Å². The van der Waals surface area contributed by atoms with Crippen LogP contribution >= 0.6 is 0 Å². The number of rotatable bonds is 2. The van der Waals surface area contributed by atoms with E-state index in [-0.39, 0.29) is 23.6 Å². The zero-order valence-electron chi connectivity index (χ0n) is 12.8. The van der Waals surface area contributed by atoms with Gasteiger partial charge < -0.3 is 14.7 Å². The predicted octanol–water partition coefficient (Wildman–Crippen LogP) is 0.845. The van der Waals surface area contributed by atoms with E-state index < -0.39 is 16.4 Å². The van der Waals surface area contributed by atoms with Gasteiger partial charge in [0.2, 0.25) is 0 Å². The van der Waals surface area contributed by atoms with Gasteiger partial charge in [0.05, 0.1) is 23.7 Å². The smallest absolute Gasteiger partial charge is 0.310 e. The lowest BCUT2D eigenvalue weighted by Gasteiger charge is -2.45. The molecule has 1 aromatic rings. The number of nitro benzene ring substituents is 1. The van der Waals surface area contributed by atoms with E-state index in [1.165, 1.54) is 6.07 Å². The Morgan fingerprint density at radius 1 is 1.43 bits per heavy atom. The van der Waals surface area contributed by atoms with Crippen molar-refractivity contribution in [2.45, 2.75) is 18.6 Å². The summed E-state index contributed by atoms with van der Waals surface area (Å²) in [5.74, 6) is -0.721. The summed E-state index contributed by atoms with van der Waals surface area (Å²) in [6, 6.07) is 3.86. The number of amides is 1. The molecule has 0 aromatic heterocycles. The van der Waals surface area contributed by atoms with Crippen LogP contribution < -0.4 is 0 Å². The number of hydrogen-bond acceptors (Lipinski definition) is 6. The monoisotopic (exact) mass is 321 g/mol. The number of nitrogens with zero attached hydrogens (tertiary/aromatic N) is 3. The van der Waals surface area contributed by atoms with E-state index in [0.29, 0.717) is 19.7 Å². The van der Waals surface area contributed by atoms with Gasteiger partial charge in [0.25, 0.3) is 5.91 Å². The summed E-state index contributed by atoms with van der Waals surface area (Å²) in [6.45, 7) is 2.67. The molecule has 8 nitrogen and oxygen atoms in total. The number of benzene rings is 1. The number of carbonyl (C=O) groups excluding carboxylic acids is 1. The van der Waals surface area contributed by atoms with E-state index in [0.717, 1.165) is 25.1 Å². The van der Waals surface area contributed by atoms with E-state index in [2.05, 4.69) is 4.90 Å². The molecule has 0 aliphatic carbocycles. The van der Waals surface area contributed by atoms with E-state index in [4.69, 9.17) is 4.74 Å². The lowest BCUT2D eigenvalue weighted by atomic mass is 9.98. The number of fused-ring (bicyclic) bond motifs is 1. The highest BCUT2D eigenvalue weighted by atomic mass is 16.6. The fourth-order valence-corrected chi connectivity index (χ4v) is 3.22. The summed E-state index contributed by atoms with van der Waals surface area (Å²) in [6.07, 6.45) is 0.905. The molecule has 3 rings (SSSR count). The number of morpholine rings is 1. The molecular formula is C15H19N3O5. The molecule has 0 radical (unpaired) electrons. The Morgan fingerprint density at radius 2 is 2.22 bits per heavy atom. The molecule has 2 atom stereocenters. The van der Waals surface area contributed by atoms with E-state index in [1.54, 1.807) is 4.90 Å². The van der Waals surface area contributed by atoms with Gasteiger partial charge >= 0.3 is 5.69 Å². The zero-order chi connectivity index (χ0) is 16.6. The molecule has 2 fully saturated rings. The Kier molecular flexibility index (Phi) is 4.18. The number of aromatic hydroxyl groups is 1. The van der Waals surface area contributed by atoms with Crippen LogP contribution in [0.4, 0.5) is 5.69 Å². The summed E-state index contributed by atoms with van der Waals surface area (Å²) < 4.78 is 5.75. The first-order valence-electron chi connectivity index (χ1n) is 7.56. The van der Waals surface area contributed by atoms with Crippen molar-refractivity contribution in [2.75, 3.05) is 33.3 Å². The van der Waals surface area contributed by atoms with Gasteiger partial charge in [0, 0.05) is 31.3 Å². The molecule has 2 aliphatic heterocycles.